The van der Waals surface area contributed by atoms with E-state index in [1.165, 1.54) is 12.3 Å². The SMILES string of the molecule is CC1C(C2(O)CC(c3ccc(C#N)cc3F)n3cncc32)=CC=CC1c1cncc(C#N)c1. The lowest BCUT2D eigenvalue weighted by atomic mass is 9.71. The maximum absolute atomic E-state index is 14.9. The number of benzene rings is 1. The van der Waals surface area contributed by atoms with Crippen LogP contribution in [0.4, 0.5) is 4.39 Å². The van der Waals surface area contributed by atoms with Gasteiger partial charge >= 0.3 is 0 Å². The summed E-state index contributed by atoms with van der Waals surface area (Å²) in [4.78, 5) is 8.43. The number of allylic oxidation sites excluding steroid dienone is 3. The Balaban J connectivity index is 1.53. The molecule has 1 aromatic carbocycles. The van der Waals surface area contributed by atoms with Gasteiger partial charge in [0.1, 0.15) is 17.5 Å². The standard InChI is InChI=1S/C26H20FN5O/c1-16-20(19-7-18(11-29)12-30-13-19)3-2-4-22(16)26(33)9-24(32-15-31-14-25(26)32)21-6-5-17(10-28)8-23(21)27/h2-8,12-16,20,24,33H,9H2,1H3. The molecule has 2 aromatic heterocycles. The van der Waals surface area contributed by atoms with Crippen molar-refractivity contribution < 1.29 is 9.50 Å². The first-order chi connectivity index (χ1) is 16.0. The van der Waals surface area contributed by atoms with E-state index in [1.54, 1.807) is 30.9 Å². The topological polar surface area (TPSA) is 98.5 Å². The summed E-state index contributed by atoms with van der Waals surface area (Å²) in [6, 6.07) is 9.85. The van der Waals surface area contributed by atoms with Crippen molar-refractivity contribution >= 4 is 0 Å². The summed E-state index contributed by atoms with van der Waals surface area (Å²) in [6.45, 7) is 2.04. The van der Waals surface area contributed by atoms with Crippen LogP contribution in [0.1, 0.15) is 53.3 Å². The molecular formula is C26H20FN5O. The summed E-state index contributed by atoms with van der Waals surface area (Å²) >= 11 is 0. The van der Waals surface area contributed by atoms with Gasteiger partial charge < -0.3 is 9.67 Å². The van der Waals surface area contributed by atoms with Crippen molar-refractivity contribution in [3.8, 4) is 12.1 Å². The molecule has 1 N–H and O–H groups in total. The summed E-state index contributed by atoms with van der Waals surface area (Å²) in [7, 11) is 0. The summed E-state index contributed by atoms with van der Waals surface area (Å²) in [5.74, 6) is -0.647. The number of fused-ring (bicyclic) bond motifs is 1. The van der Waals surface area contributed by atoms with Gasteiger partial charge in [0, 0.05) is 30.3 Å². The van der Waals surface area contributed by atoms with Gasteiger partial charge in [0.25, 0.3) is 0 Å². The fraction of sp³-hybridized carbons (Fsp3) is 0.231. The normalized spacial score (nSPS) is 25.7. The van der Waals surface area contributed by atoms with Gasteiger partial charge in [-0.1, -0.05) is 31.2 Å². The van der Waals surface area contributed by atoms with Crippen LogP contribution >= 0.6 is 0 Å². The summed E-state index contributed by atoms with van der Waals surface area (Å²) < 4.78 is 16.7. The van der Waals surface area contributed by atoms with Crippen LogP contribution in [0.5, 0.6) is 0 Å². The minimum atomic E-state index is -1.34. The van der Waals surface area contributed by atoms with Gasteiger partial charge in [-0.3, -0.25) is 4.98 Å². The number of hydrogen-bond acceptors (Lipinski definition) is 5. The molecule has 0 amide bonds. The molecule has 0 bridgehead atoms. The molecule has 33 heavy (non-hydrogen) atoms. The monoisotopic (exact) mass is 437 g/mol. The zero-order valence-electron chi connectivity index (χ0n) is 17.9. The zero-order chi connectivity index (χ0) is 23.2. The van der Waals surface area contributed by atoms with E-state index in [-0.39, 0.29) is 23.8 Å². The lowest BCUT2D eigenvalue weighted by molar-refractivity contribution is 0.0627. The molecule has 4 unspecified atom stereocenters. The number of rotatable bonds is 3. The van der Waals surface area contributed by atoms with Crippen LogP contribution in [0.2, 0.25) is 0 Å². The maximum atomic E-state index is 14.9. The lowest BCUT2D eigenvalue weighted by Gasteiger charge is -2.35. The lowest BCUT2D eigenvalue weighted by Crippen LogP contribution is -2.32. The average molecular weight is 437 g/mol. The Hall–Kier alpha value is -4.07. The Morgan fingerprint density at radius 3 is 2.70 bits per heavy atom. The largest absolute Gasteiger partial charge is 0.379 e. The minimum absolute atomic E-state index is 0.0723. The number of hydrogen-bond donors (Lipinski definition) is 1. The molecule has 0 saturated carbocycles. The van der Waals surface area contributed by atoms with Crippen molar-refractivity contribution in [2.24, 2.45) is 5.92 Å². The van der Waals surface area contributed by atoms with E-state index in [0.29, 0.717) is 16.8 Å². The molecule has 5 rings (SSSR count). The van der Waals surface area contributed by atoms with Crippen molar-refractivity contribution in [1.29, 1.82) is 10.5 Å². The van der Waals surface area contributed by atoms with Crippen molar-refractivity contribution in [3.05, 3.63) is 107 Å². The second-order valence-corrected chi connectivity index (χ2v) is 8.55. The fourth-order valence-corrected chi connectivity index (χ4v) is 5.15. The van der Waals surface area contributed by atoms with Crippen LogP contribution in [-0.4, -0.2) is 19.6 Å². The molecule has 0 fully saturated rings. The molecule has 162 valence electrons. The maximum Gasteiger partial charge on any atom is 0.130 e. The van der Waals surface area contributed by atoms with Crippen LogP contribution in [0, 0.1) is 34.4 Å². The molecule has 1 aliphatic carbocycles. The van der Waals surface area contributed by atoms with E-state index in [9.17, 15) is 14.8 Å². The van der Waals surface area contributed by atoms with Crippen molar-refractivity contribution in [2.75, 3.05) is 0 Å². The average Bonchev–Trinajstić information content (AvgIpc) is 3.42. The summed E-state index contributed by atoms with van der Waals surface area (Å²) in [6.07, 6.45) is 12.6. The third-order valence-corrected chi connectivity index (χ3v) is 6.78. The fourth-order valence-electron chi connectivity index (χ4n) is 5.15. The summed E-state index contributed by atoms with van der Waals surface area (Å²) in [5.41, 5.74) is 2.10. The van der Waals surface area contributed by atoms with Crippen molar-refractivity contribution in [2.45, 2.75) is 30.9 Å². The van der Waals surface area contributed by atoms with E-state index in [1.807, 2.05) is 41.9 Å². The van der Waals surface area contributed by atoms with Gasteiger partial charge in [-0.15, -0.1) is 0 Å². The highest BCUT2D eigenvalue weighted by molar-refractivity contribution is 5.45. The van der Waals surface area contributed by atoms with Crippen LogP contribution in [0.25, 0.3) is 0 Å². The Morgan fingerprint density at radius 1 is 1.12 bits per heavy atom. The minimum Gasteiger partial charge on any atom is -0.379 e. The molecule has 6 nitrogen and oxygen atoms in total. The Bertz CT molecular complexity index is 1390. The number of pyridine rings is 1. The van der Waals surface area contributed by atoms with Crippen molar-refractivity contribution in [3.63, 3.8) is 0 Å². The molecule has 1 aliphatic heterocycles. The highest BCUT2D eigenvalue weighted by Gasteiger charge is 2.49. The van der Waals surface area contributed by atoms with E-state index in [0.717, 1.165) is 11.1 Å². The molecular weight excluding hydrogens is 417 g/mol. The predicted molar refractivity (Wildman–Crippen MR) is 118 cm³/mol. The Morgan fingerprint density at radius 2 is 1.94 bits per heavy atom. The first-order valence-electron chi connectivity index (χ1n) is 10.6. The molecule has 0 saturated heterocycles. The highest BCUT2D eigenvalue weighted by Crippen LogP contribution is 2.52. The summed E-state index contributed by atoms with van der Waals surface area (Å²) in [5, 5.41) is 30.3. The van der Waals surface area contributed by atoms with Gasteiger partial charge in [0.15, 0.2) is 0 Å². The van der Waals surface area contributed by atoms with Crippen LogP contribution in [-0.2, 0) is 5.60 Å². The molecule has 0 spiro atoms. The van der Waals surface area contributed by atoms with E-state index in [2.05, 4.69) is 16.0 Å². The second-order valence-electron chi connectivity index (χ2n) is 8.55. The van der Waals surface area contributed by atoms with Crippen LogP contribution in [0.3, 0.4) is 0 Å². The molecule has 3 heterocycles. The van der Waals surface area contributed by atoms with Gasteiger partial charge in [0.2, 0.25) is 0 Å². The van der Waals surface area contributed by atoms with E-state index < -0.39 is 17.5 Å². The van der Waals surface area contributed by atoms with Gasteiger partial charge in [-0.2, -0.15) is 10.5 Å². The number of nitriles is 2. The zero-order valence-corrected chi connectivity index (χ0v) is 17.9. The molecule has 4 atom stereocenters. The van der Waals surface area contributed by atoms with Gasteiger partial charge in [-0.25, -0.2) is 9.37 Å². The van der Waals surface area contributed by atoms with Gasteiger partial charge in [-0.05, 0) is 35.3 Å². The predicted octanol–water partition coefficient (Wildman–Crippen LogP) is 4.26. The van der Waals surface area contributed by atoms with Crippen molar-refractivity contribution in [1.82, 2.24) is 14.5 Å². The van der Waals surface area contributed by atoms with Gasteiger partial charge in [0.05, 0.1) is 41.5 Å². The van der Waals surface area contributed by atoms with Crippen LogP contribution in [0.15, 0.2) is 73.0 Å². The number of aliphatic hydroxyl groups is 1. The number of halogens is 1. The third kappa shape index (κ3) is 3.26. The quantitative estimate of drug-likeness (QED) is 0.660. The Labute approximate surface area is 190 Å². The first kappa shape index (κ1) is 20.8. The first-order valence-corrected chi connectivity index (χ1v) is 10.6. The highest BCUT2D eigenvalue weighted by atomic mass is 19.1. The Kier molecular flexibility index (Phi) is 4.92. The number of aromatic nitrogens is 3. The molecule has 0 radical (unpaired) electrons. The molecule has 2 aliphatic rings. The number of imidazole rings is 1. The molecule has 3 aromatic rings. The molecule has 7 heteroatoms. The second kappa shape index (κ2) is 7.81. The van der Waals surface area contributed by atoms with Crippen LogP contribution < -0.4 is 0 Å². The van der Waals surface area contributed by atoms with E-state index >= 15 is 0 Å². The third-order valence-electron chi connectivity index (χ3n) is 6.78. The van der Waals surface area contributed by atoms with E-state index in [4.69, 9.17) is 5.26 Å². The number of nitrogens with zero attached hydrogens (tertiary/aromatic N) is 5. The smallest absolute Gasteiger partial charge is 0.130 e.